The Morgan fingerprint density at radius 2 is 2.04 bits per heavy atom. The smallest absolute Gasteiger partial charge is 0.267 e. The highest BCUT2D eigenvalue weighted by Crippen LogP contribution is 2.22. The summed E-state index contributed by atoms with van der Waals surface area (Å²) in [6.45, 7) is 0.327. The molecule has 9 heteroatoms. The van der Waals surface area contributed by atoms with Crippen LogP contribution in [0.25, 0.3) is 0 Å². The minimum Gasteiger partial charge on any atom is -0.497 e. The van der Waals surface area contributed by atoms with Gasteiger partial charge < -0.3 is 10.1 Å². The highest BCUT2D eigenvalue weighted by Gasteiger charge is 2.37. The van der Waals surface area contributed by atoms with Crippen molar-refractivity contribution in [3.63, 3.8) is 0 Å². The molecule has 3 rings (SSSR count). The van der Waals surface area contributed by atoms with Gasteiger partial charge in [0.25, 0.3) is 5.91 Å². The lowest BCUT2D eigenvalue weighted by atomic mass is 10.1. The van der Waals surface area contributed by atoms with Gasteiger partial charge in [-0.15, -0.1) is 0 Å². The molecule has 0 saturated carbocycles. The van der Waals surface area contributed by atoms with Gasteiger partial charge in [0.2, 0.25) is 5.91 Å². The zero-order valence-electron chi connectivity index (χ0n) is 14.5. The van der Waals surface area contributed by atoms with Crippen LogP contribution in [-0.2, 0) is 26.0 Å². The Bertz CT molecular complexity index is 832. The molecule has 2 amide bonds. The zero-order valence-corrected chi connectivity index (χ0v) is 15.3. The molecule has 0 aliphatic carbocycles. The fraction of sp³-hybridized carbons (Fsp3) is 0.471. The van der Waals surface area contributed by atoms with E-state index in [0.29, 0.717) is 13.0 Å². The summed E-state index contributed by atoms with van der Waals surface area (Å²) in [5, 5.41) is 8.13. The van der Waals surface area contributed by atoms with Crippen LogP contribution in [0.2, 0.25) is 0 Å². The number of ether oxygens (including phenoxy) is 1. The second-order valence-electron chi connectivity index (χ2n) is 6.37. The summed E-state index contributed by atoms with van der Waals surface area (Å²) >= 11 is 0. The largest absolute Gasteiger partial charge is 0.497 e. The molecule has 0 radical (unpaired) electrons. The summed E-state index contributed by atoms with van der Waals surface area (Å²) in [5.74, 6) is 0.106. The average molecular weight is 379 g/mol. The van der Waals surface area contributed by atoms with Crippen molar-refractivity contribution in [2.24, 2.45) is 5.10 Å². The molecule has 1 atom stereocenters. The molecular formula is C17H21N3O5S. The van der Waals surface area contributed by atoms with E-state index >= 15 is 0 Å². The lowest BCUT2D eigenvalue weighted by molar-refractivity contribution is -0.133. The van der Waals surface area contributed by atoms with Gasteiger partial charge in [-0.1, -0.05) is 12.1 Å². The van der Waals surface area contributed by atoms with Crippen molar-refractivity contribution in [3.8, 4) is 5.75 Å². The van der Waals surface area contributed by atoms with Crippen molar-refractivity contribution in [3.05, 3.63) is 29.8 Å². The fourth-order valence-electron chi connectivity index (χ4n) is 3.02. The predicted octanol–water partition coefficient (Wildman–Crippen LogP) is 0.477. The molecule has 1 aromatic carbocycles. The molecule has 1 N–H and O–H groups in total. The Kier molecular flexibility index (Phi) is 5.26. The number of hydrogen-bond donors (Lipinski definition) is 1. The van der Waals surface area contributed by atoms with E-state index in [1.54, 1.807) is 19.2 Å². The van der Waals surface area contributed by atoms with Crippen LogP contribution in [0.1, 0.15) is 24.8 Å². The standard InChI is InChI=1S/C17H21N3O5S/c1-25-14-4-2-12(3-5-14)10-18-17(22)15-6-7-16(21)20(19-15)13-8-9-26(23,24)11-13/h2-5,13H,6-11H2,1H3,(H,18,22)/t13-/m0/s1. The average Bonchev–Trinajstić information content (AvgIpc) is 3.00. The summed E-state index contributed by atoms with van der Waals surface area (Å²) < 4.78 is 28.4. The molecule has 140 valence electrons. The molecule has 0 spiro atoms. The van der Waals surface area contributed by atoms with Crippen LogP contribution in [-0.4, -0.2) is 55.6 Å². The lowest BCUT2D eigenvalue weighted by Gasteiger charge is -2.27. The summed E-state index contributed by atoms with van der Waals surface area (Å²) in [7, 11) is -1.55. The van der Waals surface area contributed by atoms with Crippen molar-refractivity contribution < 1.29 is 22.7 Å². The molecule has 26 heavy (non-hydrogen) atoms. The molecule has 1 aromatic rings. The number of amides is 2. The first-order valence-corrected chi connectivity index (χ1v) is 10.2. The summed E-state index contributed by atoms with van der Waals surface area (Å²) in [6, 6.07) is 6.83. The van der Waals surface area contributed by atoms with Crippen LogP contribution in [0.5, 0.6) is 5.75 Å². The molecule has 2 aliphatic rings. The highest BCUT2D eigenvalue weighted by atomic mass is 32.2. The van der Waals surface area contributed by atoms with Gasteiger partial charge in [0, 0.05) is 19.4 Å². The van der Waals surface area contributed by atoms with Gasteiger partial charge in [-0.2, -0.15) is 5.10 Å². The van der Waals surface area contributed by atoms with Crippen LogP contribution < -0.4 is 10.1 Å². The Hall–Kier alpha value is -2.42. The van der Waals surface area contributed by atoms with E-state index in [0.717, 1.165) is 11.3 Å². The van der Waals surface area contributed by atoms with Crippen LogP contribution in [0, 0.1) is 0 Å². The Morgan fingerprint density at radius 1 is 1.31 bits per heavy atom. The normalized spacial score (nSPS) is 22.0. The first-order valence-electron chi connectivity index (χ1n) is 8.39. The number of methoxy groups -OCH3 is 1. The van der Waals surface area contributed by atoms with E-state index in [9.17, 15) is 18.0 Å². The molecule has 8 nitrogen and oxygen atoms in total. The summed E-state index contributed by atoms with van der Waals surface area (Å²) in [5.41, 5.74) is 1.16. The molecule has 0 bridgehead atoms. The second-order valence-corrected chi connectivity index (χ2v) is 8.60. The van der Waals surface area contributed by atoms with E-state index in [4.69, 9.17) is 4.74 Å². The Balaban J connectivity index is 1.64. The van der Waals surface area contributed by atoms with Gasteiger partial charge in [0.15, 0.2) is 9.84 Å². The van der Waals surface area contributed by atoms with Gasteiger partial charge in [0.1, 0.15) is 11.5 Å². The topological polar surface area (TPSA) is 105 Å². The Morgan fingerprint density at radius 3 is 2.65 bits per heavy atom. The minimum absolute atomic E-state index is 0.0516. The van der Waals surface area contributed by atoms with Crippen molar-refractivity contribution in [2.75, 3.05) is 18.6 Å². The van der Waals surface area contributed by atoms with Crippen LogP contribution in [0.4, 0.5) is 0 Å². The van der Waals surface area contributed by atoms with Crippen molar-refractivity contribution in [2.45, 2.75) is 31.8 Å². The molecule has 1 saturated heterocycles. The summed E-state index contributed by atoms with van der Waals surface area (Å²) in [4.78, 5) is 24.4. The van der Waals surface area contributed by atoms with E-state index in [-0.39, 0.29) is 41.9 Å². The van der Waals surface area contributed by atoms with Crippen LogP contribution >= 0.6 is 0 Å². The molecule has 0 aromatic heterocycles. The number of carbonyl (C=O) groups excluding carboxylic acids is 2. The highest BCUT2D eigenvalue weighted by molar-refractivity contribution is 7.91. The Labute approximate surface area is 152 Å². The van der Waals surface area contributed by atoms with E-state index in [2.05, 4.69) is 10.4 Å². The number of nitrogens with one attached hydrogen (secondary N) is 1. The SMILES string of the molecule is COc1ccc(CNC(=O)C2=NN([C@H]3CCS(=O)(=O)C3)C(=O)CC2)cc1. The van der Waals surface area contributed by atoms with E-state index in [1.807, 2.05) is 12.1 Å². The zero-order chi connectivity index (χ0) is 18.7. The third kappa shape index (κ3) is 4.21. The monoisotopic (exact) mass is 379 g/mol. The number of hydrogen-bond acceptors (Lipinski definition) is 6. The summed E-state index contributed by atoms with van der Waals surface area (Å²) in [6.07, 6.45) is 0.771. The van der Waals surface area contributed by atoms with Gasteiger partial charge in [-0.05, 0) is 24.1 Å². The predicted molar refractivity (Wildman–Crippen MR) is 95.4 cm³/mol. The van der Waals surface area contributed by atoms with Crippen molar-refractivity contribution in [1.29, 1.82) is 0 Å². The third-order valence-electron chi connectivity index (χ3n) is 4.49. The fourth-order valence-corrected chi connectivity index (χ4v) is 4.71. The maximum Gasteiger partial charge on any atom is 0.267 e. The number of rotatable bonds is 5. The van der Waals surface area contributed by atoms with E-state index in [1.165, 1.54) is 5.01 Å². The number of nitrogens with zero attached hydrogens (tertiary/aromatic N) is 2. The molecule has 0 unspecified atom stereocenters. The molecule has 2 heterocycles. The molecule has 2 aliphatic heterocycles. The lowest BCUT2D eigenvalue weighted by Crippen LogP contribution is -2.43. The first-order chi connectivity index (χ1) is 12.4. The number of sulfone groups is 1. The minimum atomic E-state index is -3.13. The number of benzene rings is 1. The number of carbonyl (C=O) groups is 2. The second kappa shape index (κ2) is 7.45. The quantitative estimate of drug-likeness (QED) is 0.801. The van der Waals surface area contributed by atoms with Crippen LogP contribution in [0.15, 0.2) is 29.4 Å². The van der Waals surface area contributed by atoms with Gasteiger partial charge >= 0.3 is 0 Å². The van der Waals surface area contributed by atoms with E-state index < -0.39 is 15.9 Å². The van der Waals surface area contributed by atoms with Crippen LogP contribution in [0.3, 0.4) is 0 Å². The van der Waals surface area contributed by atoms with Crippen molar-refractivity contribution >= 4 is 27.4 Å². The van der Waals surface area contributed by atoms with Crippen molar-refractivity contribution in [1.82, 2.24) is 10.3 Å². The first kappa shape index (κ1) is 18.4. The maximum atomic E-state index is 12.4. The van der Waals surface area contributed by atoms with Gasteiger partial charge in [0.05, 0.1) is 24.7 Å². The third-order valence-corrected chi connectivity index (χ3v) is 6.24. The number of hydrazone groups is 1. The van der Waals surface area contributed by atoms with Gasteiger partial charge in [-0.25, -0.2) is 13.4 Å². The molecular weight excluding hydrogens is 358 g/mol. The maximum absolute atomic E-state index is 12.4. The molecule has 1 fully saturated rings. The van der Waals surface area contributed by atoms with Gasteiger partial charge in [-0.3, -0.25) is 9.59 Å².